The maximum atomic E-state index is 12.0. The van der Waals surface area contributed by atoms with Crippen molar-refractivity contribution in [3.8, 4) is 11.5 Å². The summed E-state index contributed by atoms with van der Waals surface area (Å²) in [6.45, 7) is 1.66. The minimum absolute atomic E-state index is 0.0117. The molecule has 1 aromatic heterocycles. The van der Waals surface area contributed by atoms with Crippen LogP contribution in [0.5, 0.6) is 0 Å². The predicted molar refractivity (Wildman–Crippen MR) is 110 cm³/mol. The molecule has 7 nitrogen and oxygen atoms in total. The summed E-state index contributed by atoms with van der Waals surface area (Å²) in [7, 11) is -3.11. The van der Waals surface area contributed by atoms with E-state index in [4.69, 9.17) is 4.42 Å². The first-order valence-electron chi connectivity index (χ1n) is 9.21. The molecule has 28 heavy (non-hydrogen) atoms. The van der Waals surface area contributed by atoms with E-state index in [1.807, 2.05) is 30.3 Å². The van der Waals surface area contributed by atoms with E-state index in [0.717, 1.165) is 24.1 Å². The number of carbonyl (C=O) groups is 1. The number of benzene rings is 1. The standard InChI is InChI=1S/C19H25N3O4S2/c1-28(24,25)22-9-7-15(8-10-22)11-20-18(23)14-27-13-17-12-26-19(21-17)16-5-3-2-4-6-16/h2-6,12,15H,7-11,13-14H2,1H3,(H,20,23). The summed E-state index contributed by atoms with van der Waals surface area (Å²) in [6.07, 6.45) is 4.43. The lowest BCUT2D eigenvalue weighted by atomic mass is 9.98. The summed E-state index contributed by atoms with van der Waals surface area (Å²) >= 11 is 1.49. The van der Waals surface area contributed by atoms with Crippen LogP contribution < -0.4 is 5.32 Å². The number of amides is 1. The lowest BCUT2D eigenvalue weighted by molar-refractivity contribution is -0.118. The molecule has 1 fully saturated rings. The van der Waals surface area contributed by atoms with Gasteiger partial charge in [-0.05, 0) is 30.9 Å². The Balaban J connectivity index is 1.34. The fourth-order valence-electron chi connectivity index (χ4n) is 3.09. The molecule has 0 saturated carbocycles. The van der Waals surface area contributed by atoms with E-state index in [1.165, 1.54) is 22.3 Å². The summed E-state index contributed by atoms with van der Waals surface area (Å²) in [6, 6.07) is 9.69. The number of oxazole rings is 1. The van der Waals surface area contributed by atoms with E-state index in [1.54, 1.807) is 6.26 Å². The van der Waals surface area contributed by atoms with Gasteiger partial charge in [-0.3, -0.25) is 4.79 Å². The molecule has 1 saturated heterocycles. The quantitative estimate of drug-likeness (QED) is 0.701. The molecule has 3 rings (SSSR count). The smallest absolute Gasteiger partial charge is 0.230 e. The maximum Gasteiger partial charge on any atom is 0.230 e. The molecule has 0 unspecified atom stereocenters. The first-order chi connectivity index (χ1) is 13.4. The molecule has 9 heteroatoms. The van der Waals surface area contributed by atoms with Gasteiger partial charge in [0.25, 0.3) is 0 Å². The monoisotopic (exact) mass is 423 g/mol. The van der Waals surface area contributed by atoms with Crippen molar-refractivity contribution in [2.45, 2.75) is 18.6 Å². The molecule has 2 heterocycles. The van der Waals surface area contributed by atoms with Crippen LogP contribution in [0.1, 0.15) is 18.5 Å². The van der Waals surface area contributed by atoms with Gasteiger partial charge in [0.15, 0.2) is 0 Å². The van der Waals surface area contributed by atoms with E-state index in [2.05, 4.69) is 10.3 Å². The van der Waals surface area contributed by atoms with Crippen LogP contribution in [0.2, 0.25) is 0 Å². The number of aromatic nitrogens is 1. The average molecular weight is 424 g/mol. The zero-order chi connectivity index (χ0) is 20.0. The van der Waals surface area contributed by atoms with Crippen LogP contribution in [0.25, 0.3) is 11.5 Å². The lowest BCUT2D eigenvalue weighted by Crippen LogP contribution is -2.41. The van der Waals surface area contributed by atoms with Crippen molar-refractivity contribution in [3.05, 3.63) is 42.3 Å². The Morgan fingerprint density at radius 2 is 2.00 bits per heavy atom. The first-order valence-corrected chi connectivity index (χ1v) is 12.2. The number of nitrogens with one attached hydrogen (secondary N) is 1. The van der Waals surface area contributed by atoms with Crippen LogP contribution in [0.15, 0.2) is 41.0 Å². The van der Waals surface area contributed by atoms with Gasteiger partial charge in [0, 0.05) is 31.0 Å². The summed E-state index contributed by atoms with van der Waals surface area (Å²) in [4.78, 5) is 16.5. The van der Waals surface area contributed by atoms with Gasteiger partial charge < -0.3 is 9.73 Å². The molecule has 1 aromatic carbocycles. The maximum absolute atomic E-state index is 12.0. The number of piperidine rings is 1. The van der Waals surface area contributed by atoms with Gasteiger partial charge in [-0.25, -0.2) is 17.7 Å². The number of hydrogen-bond donors (Lipinski definition) is 1. The second-order valence-electron chi connectivity index (χ2n) is 6.91. The number of thioether (sulfide) groups is 1. The number of rotatable bonds is 8. The number of carbonyl (C=O) groups excluding carboxylic acids is 1. The molecular weight excluding hydrogens is 398 g/mol. The second-order valence-corrected chi connectivity index (χ2v) is 9.88. The van der Waals surface area contributed by atoms with Gasteiger partial charge >= 0.3 is 0 Å². The van der Waals surface area contributed by atoms with E-state index >= 15 is 0 Å². The molecule has 0 radical (unpaired) electrons. The van der Waals surface area contributed by atoms with Crippen LogP contribution in [-0.4, -0.2) is 55.3 Å². The molecule has 1 aliphatic rings. The Morgan fingerprint density at radius 3 is 2.68 bits per heavy atom. The molecule has 152 valence electrons. The summed E-state index contributed by atoms with van der Waals surface area (Å²) in [5.41, 5.74) is 1.74. The first kappa shape index (κ1) is 20.9. The Morgan fingerprint density at radius 1 is 1.29 bits per heavy atom. The molecular formula is C19H25N3O4S2. The third kappa shape index (κ3) is 6.08. The summed E-state index contributed by atoms with van der Waals surface area (Å²) in [5.74, 6) is 1.87. The third-order valence-corrected chi connectivity index (χ3v) is 6.96. The highest BCUT2D eigenvalue weighted by atomic mass is 32.2. The van der Waals surface area contributed by atoms with Gasteiger partial charge in [0.2, 0.25) is 21.8 Å². The predicted octanol–water partition coefficient (Wildman–Crippen LogP) is 2.36. The fraction of sp³-hybridized carbons (Fsp3) is 0.474. The highest BCUT2D eigenvalue weighted by Gasteiger charge is 2.24. The number of hydrogen-bond acceptors (Lipinski definition) is 6. The molecule has 2 aromatic rings. The normalized spacial score (nSPS) is 16.2. The molecule has 0 aliphatic carbocycles. The molecule has 0 spiro atoms. The number of nitrogens with zero attached hydrogens (tertiary/aromatic N) is 2. The van der Waals surface area contributed by atoms with E-state index in [-0.39, 0.29) is 5.91 Å². The zero-order valence-corrected chi connectivity index (χ0v) is 17.5. The van der Waals surface area contributed by atoms with E-state index in [9.17, 15) is 13.2 Å². The minimum atomic E-state index is -3.11. The van der Waals surface area contributed by atoms with Crippen molar-refractivity contribution in [2.75, 3.05) is 31.6 Å². The van der Waals surface area contributed by atoms with Crippen LogP contribution in [0, 0.1) is 5.92 Å². The van der Waals surface area contributed by atoms with Crippen molar-refractivity contribution < 1.29 is 17.6 Å². The molecule has 1 amide bonds. The van der Waals surface area contributed by atoms with Crippen molar-refractivity contribution in [1.82, 2.24) is 14.6 Å². The molecule has 0 atom stereocenters. The highest BCUT2D eigenvalue weighted by molar-refractivity contribution is 7.99. The Kier molecular flexibility index (Phi) is 7.14. The lowest BCUT2D eigenvalue weighted by Gasteiger charge is -2.30. The Hall–Kier alpha value is -1.84. The van der Waals surface area contributed by atoms with Gasteiger partial charge in [-0.1, -0.05) is 18.2 Å². The topological polar surface area (TPSA) is 92.5 Å². The molecule has 1 aliphatic heterocycles. The van der Waals surface area contributed by atoms with Crippen molar-refractivity contribution in [2.24, 2.45) is 5.92 Å². The van der Waals surface area contributed by atoms with Gasteiger partial charge in [-0.2, -0.15) is 0 Å². The van der Waals surface area contributed by atoms with Crippen LogP contribution >= 0.6 is 11.8 Å². The van der Waals surface area contributed by atoms with Gasteiger partial charge in [0.1, 0.15) is 6.26 Å². The largest absolute Gasteiger partial charge is 0.444 e. The van der Waals surface area contributed by atoms with Crippen molar-refractivity contribution in [1.29, 1.82) is 0 Å². The highest BCUT2D eigenvalue weighted by Crippen LogP contribution is 2.21. The van der Waals surface area contributed by atoms with Crippen LogP contribution in [0.3, 0.4) is 0 Å². The van der Waals surface area contributed by atoms with Gasteiger partial charge in [-0.15, -0.1) is 11.8 Å². The second kappa shape index (κ2) is 9.58. The number of sulfonamides is 1. The minimum Gasteiger partial charge on any atom is -0.444 e. The van der Waals surface area contributed by atoms with Crippen molar-refractivity contribution in [3.63, 3.8) is 0 Å². The van der Waals surface area contributed by atoms with E-state index < -0.39 is 10.0 Å². The third-order valence-electron chi connectivity index (χ3n) is 4.69. The summed E-state index contributed by atoms with van der Waals surface area (Å²) < 4.78 is 30.0. The average Bonchev–Trinajstić information content (AvgIpc) is 3.16. The Bertz CT molecular complexity index is 876. The van der Waals surface area contributed by atoms with E-state index in [0.29, 0.717) is 42.9 Å². The van der Waals surface area contributed by atoms with Gasteiger partial charge in [0.05, 0.1) is 17.7 Å². The zero-order valence-electron chi connectivity index (χ0n) is 15.8. The van der Waals surface area contributed by atoms with Crippen LogP contribution in [0.4, 0.5) is 0 Å². The Labute approximate surface area is 170 Å². The van der Waals surface area contributed by atoms with Crippen molar-refractivity contribution >= 4 is 27.7 Å². The summed E-state index contributed by atoms with van der Waals surface area (Å²) in [5, 5.41) is 2.95. The van der Waals surface area contributed by atoms with Crippen LogP contribution in [-0.2, 0) is 20.6 Å². The molecule has 1 N–H and O–H groups in total. The molecule has 0 bridgehead atoms. The SMILES string of the molecule is CS(=O)(=O)N1CCC(CNC(=O)CSCc2coc(-c3ccccc3)n2)CC1. The fourth-order valence-corrected chi connectivity index (χ4v) is 4.69.